The average Bonchev–Trinajstić information content (AvgIpc) is 3.03. The zero-order valence-electron chi connectivity index (χ0n) is 30.8. The van der Waals surface area contributed by atoms with Gasteiger partial charge in [0.05, 0.1) is 13.1 Å². The molecule has 0 aliphatic carbocycles. The lowest BCUT2D eigenvalue weighted by molar-refractivity contribution is -0.137. The Morgan fingerprint density at radius 2 is 1.47 bits per heavy atom. The third kappa shape index (κ3) is 11.8. The smallest absolute Gasteiger partial charge is 0.408 e. The van der Waals surface area contributed by atoms with E-state index in [1.807, 2.05) is 54.0 Å². The van der Waals surface area contributed by atoms with E-state index in [-0.39, 0.29) is 36.2 Å². The number of urea groups is 1. The third-order valence-corrected chi connectivity index (χ3v) is 10.4. The fourth-order valence-electron chi connectivity index (χ4n) is 6.53. The molecular formula is C36H55N7O7S. The van der Waals surface area contributed by atoms with Crippen molar-refractivity contribution in [2.24, 2.45) is 11.3 Å². The Morgan fingerprint density at radius 3 is 2.06 bits per heavy atom. The van der Waals surface area contributed by atoms with Gasteiger partial charge in [-0.15, -0.1) is 0 Å². The Labute approximate surface area is 305 Å². The van der Waals surface area contributed by atoms with Crippen LogP contribution in [0, 0.1) is 11.3 Å². The maximum Gasteiger partial charge on any atom is 0.408 e. The van der Waals surface area contributed by atoms with Crippen LogP contribution < -0.4 is 21.3 Å². The van der Waals surface area contributed by atoms with Crippen LogP contribution >= 0.6 is 11.8 Å². The van der Waals surface area contributed by atoms with E-state index in [1.54, 1.807) is 37.4 Å². The summed E-state index contributed by atoms with van der Waals surface area (Å²) in [6, 6.07) is 7.33. The number of hydrogen-bond acceptors (Lipinski definition) is 8. The van der Waals surface area contributed by atoms with Crippen molar-refractivity contribution in [2.45, 2.75) is 83.2 Å². The van der Waals surface area contributed by atoms with E-state index < -0.39 is 48.0 Å². The van der Waals surface area contributed by atoms with Crippen molar-refractivity contribution in [3.8, 4) is 0 Å². The molecular weight excluding hydrogens is 675 g/mol. The summed E-state index contributed by atoms with van der Waals surface area (Å²) in [7, 11) is 0. The molecule has 15 heteroatoms. The van der Waals surface area contributed by atoms with Crippen molar-refractivity contribution in [3.63, 3.8) is 0 Å². The Bertz CT molecular complexity index is 1400. The van der Waals surface area contributed by atoms with Crippen LogP contribution in [-0.2, 0) is 30.3 Å². The van der Waals surface area contributed by atoms with Gasteiger partial charge in [0.15, 0.2) is 0 Å². The lowest BCUT2D eigenvalue weighted by Gasteiger charge is -2.55. The SMILES string of the molecule is CSC1CN(C(=O)N2CC3(CCN(C(=O)CNC(=O)C(CC(C)C)NC(=O)CNC(=O)C(Cc4ccccc4)NC(=O)OC(C)(C)C)CC3)C2)C1. The molecule has 3 aliphatic heterocycles. The highest BCUT2D eigenvalue weighted by atomic mass is 32.2. The first-order valence-electron chi connectivity index (χ1n) is 17.8. The molecule has 7 amide bonds. The zero-order chi connectivity index (χ0) is 37.3. The maximum absolute atomic E-state index is 13.2. The van der Waals surface area contributed by atoms with Gasteiger partial charge in [-0.05, 0) is 57.8 Å². The number of carbonyl (C=O) groups excluding carboxylic acids is 6. The first-order valence-corrected chi connectivity index (χ1v) is 19.1. The molecule has 3 fully saturated rings. The van der Waals surface area contributed by atoms with Gasteiger partial charge < -0.3 is 40.7 Å². The van der Waals surface area contributed by atoms with Gasteiger partial charge in [-0.1, -0.05) is 44.2 Å². The molecule has 2 atom stereocenters. The number of benzene rings is 1. The number of alkyl carbamates (subject to hydrolysis) is 1. The summed E-state index contributed by atoms with van der Waals surface area (Å²) in [6.07, 6.45) is 3.42. The van der Waals surface area contributed by atoms with E-state index in [2.05, 4.69) is 27.5 Å². The number of ether oxygens (including phenoxy) is 1. The molecule has 282 valence electrons. The summed E-state index contributed by atoms with van der Waals surface area (Å²) in [5.41, 5.74) is 0.0886. The summed E-state index contributed by atoms with van der Waals surface area (Å²) in [5, 5.41) is 11.1. The monoisotopic (exact) mass is 729 g/mol. The molecule has 3 heterocycles. The van der Waals surface area contributed by atoms with Crippen LogP contribution in [0.2, 0.25) is 0 Å². The van der Waals surface area contributed by atoms with E-state index in [0.29, 0.717) is 24.8 Å². The van der Waals surface area contributed by atoms with Gasteiger partial charge in [0.1, 0.15) is 17.7 Å². The molecule has 4 N–H and O–H groups in total. The third-order valence-electron chi connectivity index (χ3n) is 9.44. The molecule has 14 nitrogen and oxygen atoms in total. The quantitative estimate of drug-likeness (QED) is 0.239. The Kier molecular flexibility index (Phi) is 13.6. The van der Waals surface area contributed by atoms with Crippen LogP contribution in [0.4, 0.5) is 9.59 Å². The highest BCUT2D eigenvalue weighted by Crippen LogP contribution is 2.41. The van der Waals surface area contributed by atoms with Crippen molar-refractivity contribution in [1.29, 1.82) is 0 Å². The van der Waals surface area contributed by atoms with Crippen LogP contribution in [0.5, 0.6) is 0 Å². The molecule has 1 spiro atoms. The number of amides is 7. The van der Waals surface area contributed by atoms with Crippen LogP contribution in [0.25, 0.3) is 0 Å². The number of likely N-dealkylation sites (tertiary alicyclic amines) is 3. The molecule has 3 saturated heterocycles. The second-order valence-electron chi connectivity index (χ2n) is 15.4. The predicted molar refractivity (Wildman–Crippen MR) is 195 cm³/mol. The Balaban J connectivity index is 1.21. The topological polar surface area (TPSA) is 169 Å². The van der Waals surface area contributed by atoms with Crippen LogP contribution in [0.15, 0.2) is 30.3 Å². The van der Waals surface area contributed by atoms with Crippen LogP contribution in [-0.4, -0.2) is 132 Å². The van der Waals surface area contributed by atoms with E-state index >= 15 is 0 Å². The zero-order valence-corrected chi connectivity index (χ0v) is 31.6. The molecule has 1 aromatic rings. The first-order chi connectivity index (χ1) is 24.1. The molecule has 0 aromatic heterocycles. The van der Waals surface area contributed by atoms with Crippen molar-refractivity contribution < 1.29 is 33.5 Å². The number of thioether (sulfide) groups is 1. The second-order valence-corrected chi connectivity index (χ2v) is 16.5. The fraction of sp³-hybridized carbons (Fsp3) is 0.667. The molecule has 2 unspecified atom stereocenters. The van der Waals surface area contributed by atoms with E-state index in [1.165, 1.54) is 0 Å². The van der Waals surface area contributed by atoms with Crippen molar-refractivity contribution in [2.75, 3.05) is 58.6 Å². The summed E-state index contributed by atoms with van der Waals surface area (Å²) in [4.78, 5) is 83.1. The standard InChI is InChI=1S/C36H55N7O7S/c1-24(2)16-27(39-29(44)18-37-32(47)28(17-25-10-8-7-9-11-25)40-33(48)50-35(3,4)5)31(46)38-19-30(45)41-14-12-36(13-15-41)22-43(23-36)34(49)42-20-26(21-42)51-6/h7-11,24,26-28H,12-23H2,1-6H3,(H,37,47)(H,38,46)(H,39,44)(H,40,48). The molecule has 0 saturated carbocycles. The molecule has 1 aromatic carbocycles. The van der Waals surface area contributed by atoms with Crippen LogP contribution in [0.3, 0.4) is 0 Å². The van der Waals surface area contributed by atoms with Gasteiger partial charge in [0.25, 0.3) is 0 Å². The minimum Gasteiger partial charge on any atom is -0.444 e. The molecule has 4 rings (SSSR count). The number of carbonyl (C=O) groups is 6. The molecule has 0 bridgehead atoms. The largest absolute Gasteiger partial charge is 0.444 e. The van der Waals surface area contributed by atoms with E-state index in [9.17, 15) is 28.8 Å². The second kappa shape index (κ2) is 17.5. The van der Waals surface area contributed by atoms with Gasteiger partial charge in [-0.3, -0.25) is 19.2 Å². The predicted octanol–water partition coefficient (Wildman–Crippen LogP) is 1.98. The number of nitrogens with zero attached hydrogens (tertiary/aromatic N) is 3. The minimum atomic E-state index is -1.01. The molecule has 3 aliphatic rings. The van der Waals surface area contributed by atoms with Gasteiger partial charge >= 0.3 is 12.1 Å². The number of nitrogens with one attached hydrogen (secondary N) is 4. The van der Waals surface area contributed by atoms with Crippen LogP contribution in [0.1, 0.15) is 59.4 Å². The average molecular weight is 730 g/mol. The van der Waals surface area contributed by atoms with Gasteiger partial charge in [-0.25, -0.2) is 9.59 Å². The summed E-state index contributed by atoms with van der Waals surface area (Å²) < 4.78 is 5.33. The minimum absolute atomic E-state index is 0.0505. The summed E-state index contributed by atoms with van der Waals surface area (Å²) >= 11 is 1.79. The fourth-order valence-corrected chi connectivity index (χ4v) is 7.19. The normalized spacial score (nSPS) is 18.2. The molecule has 0 radical (unpaired) electrons. The maximum atomic E-state index is 13.2. The Hall–Kier alpha value is -4.01. The first kappa shape index (κ1) is 39.8. The lowest BCUT2D eigenvalue weighted by Crippen LogP contribution is -2.67. The van der Waals surface area contributed by atoms with Gasteiger partial charge in [0.2, 0.25) is 23.6 Å². The Morgan fingerprint density at radius 1 is 0.863 bits per heavy atom. The van der Waals surface area contributed by atoms with Crippen molar-refractivity contribution in [3.05, 3.63) is 35.9 Å². The van der Waals surface area contributed by atoms with Gasteiger partial charge in [0, 0.05) is 56.4 Å². The van der Waals surface area contributed by atoms with Crippen molar-refractivity contribution >= 4 is 47.5 Å². The highest BCUT2D eigenvalue weighted by Gasteiger charge is 2.49. The van der Waals surface area contributed by atoms with Crippen molar-refractivity contribution in [1.82, 2.24) is 36.0 Å². The summed E-state index contributed by atoms with van der Waals surface area (Å²) in [5.74, 6) is -1.79. The number of rotatable bonds is 13. The van der Waals surface area contributed by atoms with Gasteiger partial charge in [-0.2, -0.15) is 11.8 Å². The molecule has 51 heavy (non-hydrogen) atoms. The summed E-state index contributed by atoms with van der Waals surface area (Å²) in [6.45, 7) is 12.5. The lowest BCUT2D eigenvalue weighted by atomic mass is 9.72. The van der Waals surface area contributed by atoms with E-state index in [4.69, 9.17) is 4.74 Å². The number of piperidine rings is 1. The number of hydrogen-bond donors (Lipinski definition) is 4. The van der Waals surface area contributed by atoms with E-state index in [0.717, 1.165) is 44.6 Å². The highest BCUT2D eigenvalue weighted by molar-refractivity contribution is 7.99.